The van der Waals surface area contributed by atoms with Gasteiger partial charge in [0.05, 0.1) is 16.3 Å². The van der Waals surface area contributed by atoms with Crippen LogP contribution in [0, 0.1) is 11.7 Å². The van der Waals surface area contributed by atoms with Crippen molar-refractivity contribution in [1.82, 2.24) is 4.72 Å². The second kappa shape index (κ2) is 5.67. The standard InChI is InChI=1S/C12H13ClFNO4S/c13-9-5-8(3-4-10(9)14)20(18,19)15-11(6-12(16)17)7-1-2-7/h3-5,7,11,15H,1-2,6H2,(H,16,17). The molecule has 1 atom stereocenters. The number of carboxylic acids is 1. The molecule has 0 spiro atoms. The first-order chi connectivity index (χ1) is 9.29. The van der Waals surface area contributed by atoms with Crippen LogP contribution in [-0.4, -0.2) is 25.5 Å². The molecule has 0 saturated heterocycles. The summed E-state index contributed by atoms with van der Waals surface area (Å²) in [5.41, 5.74) is 0. The van der Waals surface area contributed by atoms with Crippen molar-refractivity contribution in [3.05, 3.63) is 29.0 Å². The Kier molecular flexibility index (Phi) is 4.31. The quantitative estimate of drug-likeness (QED) is 0.839. The van der Waals surface area contributed by atoms with Gasteiger partial charge < -0.3 is 5.11 Å². The zero-order chi connectivity index (χ0) is 14.9. The van der Waals surface area contributed by atoms with E-state index in [1.807, 2.05) is 0 Å². The highest BCUT2D eigenvalue weighted by Gasteiger charge is 2.35. The van der Waals surface area contributed by atoms with Gasteiger partial charge in [-0.2, -0.15) is 0 Å². The van der Waals surface area contributed by atoms with Crippen LogP contribution in [0.5, 0.6) is 0 Å². The summed E-state index contributed by atoms with van der Waals surface area (Å²) in [6.07, 6.45) is 1.31. The first-order valence-corrected chi connectivity index (χ1v) is 7.85. The normalized spacial score (nSPS) is 16.9. The molecule has 0 amide bonds. The average molecular weight is 322 g/mol. The molecular weight excluding hydrogens is 309 g/mol. The summed E-state index contributed by atoms with van der Waals surface area (Å²) in [6, 6.07) is 2.40. The summed E-state index contributed by atoms with van der Waals surface area (Å²) in [5, 5.41) is 8.51. The van der Waals surface area contributed by atoms with Crippen LogP contribution in [0.25, 0.3) is 0 Å². The van der Waals surface area contributed by atoms with Gasteiger partial charge >= 0.3 is 5.97 Å². The molecule has 2 N–H and O–H groups in total. The summed E-state index contributed by atoms with van der Waals surface area (Å²) < 4.78 is 39.7. The Hall–Kier alpha value is -1.18. The molecule has 1 aromatic rings. The number of sulfonamides is 1. The van der Waals surface area contributed by atoms with Gasteiger partial charge in [0.15, 0.2) is 0 Å². The molecule has 20 heavy (non-hydrogen) atoms. The number of hydrogen-bond donors (Lipinski definition) is 2. The van der Waals surface area contributed by atoms with E-state index in [9.17, 15) is 17.6 Å². The Morgan fingerprint density at radius 2 is 2.15 bits per heavy atom. The van der Waals surface area contributed by atoms with Crippen LogP contribution in [-0.2, 0) is 14.8 Å². The highest BCUT2D eigenvalue weighted by atomic mass is 35.5. The third-order valence-electron chi connectivity index (χ3n) is 3.09. The van der Waals surface area contributed by atoms with Crippen molar-refractivity contribution in [2.45, 2.75) is 30.2 Å². The van der Waals surface area contributed by atoms with Crippen molar-refractivity contribution in [3.63, 3.8) is 0 Å². The van der Waals surface area contributed by atoms with E-state index in [-0.39, 0.29) is 22.3 Å². The Balaban J connectivity index is 2.20. The topological polar surface area (TPSA) is 83.5 Å². The fraction of sp³-hybridized carbons (Fsp3) is 0.417. The van der Waals surface area contributed by atoms with Crippen LogP contribution in [0.2, 0.25) is 5.02 Å². The molecule has 0 bridgehead atoms. The molecule has 1 fully saturated rings. The second-order valence-electron chi connectivity index (χ2n) is 4.74. The number of aliphatic carboxylic acids is 1. The van der Waals surface area contributed by atoms with Crippen LogP contribution in [0.15, 0.2) is 23.1 Å². The third-order valence-corrected chi connectivity index (χ3v) is 4.87. The molecule has 1 unspecified atom stereocenters. The number of nitrogens with one attached hydrogen (secondary N) is 1. The van der Waals surface area contributed by atoms with Gasteiger partial charge in [0.25, 0.3) is 0 Å². The minimum atomic E-state index is -3.91. The Morgan fingerprint density at radius 3 is 2.65 bits per heavy atom. The van der Waals surface area contributed by atoms with Gasteiger partial charge in [-0.3, -0.25) is 4.79 Å². The van der Waals surface area contributed by atoms with E-state index in [0.717, 1.165) is 31.0 Å². The van der Waals surface area contributed by atoms with Crippen LogP contribution >= 0.6 is 11.6 Å². The Morgan fingerprint density at radius 1 is 1.50 bits per heavy atom. The Bertz CT molecular complexity index is 630. The highest BCUT2D eigenvalue weighted by molar-refractivity contribution is 7.89. The van der Waals surface area contributed by atoms with Crippen LogP contribution in [0.3, 0.4) is 0 Å². The predicted molar refractivity (Wildman–Crippen MR) is 70.5 cm³/mol. The average Bonchev–Trinajstić information content (AvgIpc) is 3.14. The third kappa shape index (κ3) is 3.68. The zero-order valence-corrected chi connectivity index (χ0v) is 11.9. The lowest BCUT2D eigenvalue weighted by Crippen LogP contribution is -2.38. The lowest BCUT2D eigenvalue weighted by atomic mass is 10.1. The van der Waals surface area contributed by atoms with Gasteiger partial charge in [-0.15, -0.1) is 0 Å². The lowest BCUT2D eigenvalue weighted by molar-refractivity contribution is -0.137. The summed E-state index contributed by atoms with van der Waals surface area (Å²) in [4.78, 5) is 10.6. The van der Waals surface area contributed by atoms with Crippen LogP contribution in [0.4, 0.5) is 4.39 Å². The molecule has 110 valence electrons. The molecule has 0 aromatic heterocycles. The van der Waals surface area contributed by atoms with E-state index in [0.29, 0.717) is 0 Å². The molecule has 2 rings (SSSR count). The zero-order valence-electron chi connectivity index (χ0n) is 10.3. The lowest BCUT2D eigenvalue weighted by Gasteiger charge is -2.16. The van der Waals surface area contributed by atoms with Gasteiger partial charge in [0.1, 0.15) is 5.82 Å². The molecule has 8 heteroatoms. The van der Waals surface area contributed by atoms with Gasteiger partial charge in [0.2, 0.25) is 10.0 Å². The summed E-state index contributed by atoms with van der Waals surface area (Å²) in [5.74, 6) is -1.74. The van der Waals surface area contributed by atoms with Gasteiger partial charge in [-0.05, 0) is 37.0 Å². The largest absolute Gasteiger partial charge is 0.481 e. The van der Waals surface area contributed by atoms with Crippen molar-refractivity contribution < 1.29 is 22.7 Å². The second-order valence-corrected chi connectivity index (χ2v) is 6.86. The maximum atomic E-state index is 13.0. The van der Waals surface area contributed by atoms with Gasteiger partial charge in [-0.1, -0.05) is 11.6 Å². The number of hydrogen-bond acceptors (Lipinski definition) is 3. The molecule has 5 nitrogen and oxygen atoms in total. The summed E-state index contributed by atoms with van der Waals surface area (Å²) in [7, 11) is -3.91. The maximum absolute atomic E-state index is 13.0. The van der Waals surface area contributed by atoms with Crippen molar-refractivity contribution >= 4 is 27.6 Å². The molecule has 1 aliphatic carbocycles. The van der Waals surface area contributed by atoms with E-state index < -0.39 is 27.9 Å². The fourth-order valence-corrected chi connectivity index (χ4v) is 3.48. The minimum Gasteiger partial charge on any atom is -0.481 e. The molecule has 1 saturated carbocycles. The van der Waals surface area contributed by atoms with Gasteiger partial charge in [-0.25, -0.2) is 17.5 Å². The van der Waals surface area contributed by atoms with Crippen LogP contribution in [0.1, 0.15) is 19.3 Å². The SMILES string of the molecule is O=C(O)CC(NS(=O)(=O)c1ccc(F)c(Cl)c1)C1CC1. The predicted octanol–water partition coefficient (Wildman–Crippen LogP) is 2.01. The summed E-state index contributed by atoms with van der Waals surface area (Å²) in [6.45, 7) is 0. The van der Waals surface area contributed by atoms with Gasteiger partial charge in [0, 0.05) is 6.04 Å². The molecule has 0 heterocycles. The highest BCUT2D eigenvalue weighted by Crippen LogP contribution is 2.35. The van der Waals surface area contributed by atoms with E-state index >= 15 is 0 Å². The maximum Gasteiger partial charge on any atom is 0.304 e. The first-order valence-electron chi connectivity index (χ1n) is 5.99. The van der Waals surface area contributed by atoms with E-state index in [1.165, 1.54) is 0 Å². The summed E-state index contributed by atoms with van der Waals surface area (Å²) >= 11 is 5.55. The van der Waals surface area contributed by atoms with Crippen molar-refractivity contribution in [2.75, 3.05) is 0 Å². The molecule has 0 radical (unpaired) electrons. The minimum absolute atomic E-state index is 0.0387. The number of halogens is 2. The van der Waals surface area contributed by atoms with Crippen molar-refractivity contribution in [1.29, 1.82) is 0 Å². The number of rotatable bonds is 6. The van der Waals surface area contributed by atoms with Crippen LogP contribution < -0.4 is 4.72 Å². The number of carbonyl (C=O) groups is 1. The number of carboxylic acid groups (broad SMARTS) is 1. The Labute approximate surface area is 120 Å². The smallest absolute Gasteiger partial charge is 0.304 e. The van der Waals surface area contributed by atoms with Crippen molar-refractivity contribution in [2.24, 2.45) is 5.92 Å². The fourth-order valence-electron chi connectivity index (χ4n) is 1.90. The molecule has 0 aliphatic heterocycles. The first kappa shape index (κ1) is 15.2. The molecular formula is C12H13ClFNO4S. The molecule has 1 aromatic carbocycles. The van der Waals surface area contributed by atoms with E-state index in [2.05, 4.69) is 4.72 Å². The van der Waals surface area contributed by atoms with Crippen molar-refractivity contribution in [3.8, 4) is 0 Å². The van der Waals surface area contributed by atoms with E-state index in [4.69, 9.17) is 16.7 Å². The molecule has 1 aliphatic rings. The monoisotopic (exact) mass is 321 g/mol. The van der Waals surface area contributed by atoms with E-state index in [1.54, 1.807) is 0 Å². The number of benzene rings is 1.